The summed E-state index contributed by atoms with van der Waals surface area (Å²) in [7, 11) is -0.227. The fourth-order valence-electron chi connectivity index (χ4n) is 2.80. The van der Waals surface area contributed by atoms with Crippen molar-refractivity contribution in [3.8, 4) is 0 Å². The van der Waals surface area contributed by atoms with Crippen LogP contribution in [-0.4, -0.2) is 27.4 Å². The third kappa shape index (κ3) is 3.91. The van der Waals surface area contributed by atoms with Crippen molar-refractivity contribution < 1.29 is 17.5 Å². The quantitative estimate of drug-likeness (QED) is 0.364. The van der Waals surface area contributed by atoms with Gasteiger partial charge in [-0.1, -0.05) is 24.3 Å². The van der Waals surface area contributed by atoms with Gasteiger partial charge >= 0.3 is 0 Å². The van der Waals surface area contributed by atoms with Gasteiger partial charge in [-0.3, -0.25) is 14.3 Å². The summed E-state index contributed by atoms with van der Waals surface area (Å²) in [4.78, 5) is 12.2. The average Bonchev–Trinajstić information content (AvgIpc) is 2.65. The van der Waals surface area contributed by atoms with E-state index in [2.05, 4.69) is 0 Å². The zero-order valence-corrected chi connectivity index (χ0v) is 15.6. The minimum Gasteiger partial charge on any atom is -0.377 e. The summed E-state index contributed by atoms with van der Waals surface area (Å²) in [6.45, 7) is -0.204. The van der Waals surface area contributed by atoms with Crippen molar-refractivity contribution in [3.63, 3.8) is 0 Å². The Labute approximate surface area is 157 Å². The molecule has 3 aromatic carbocycles. The lowest BCUT2D eigenvalue weighted by Gasteiger charge is -2.16. The van der Waals surface area contributed by atoms with Crippen LogP contribution in [-0.2, 0) is 20.9 Å². The molecule has 0 radical (unpaired) electrons. The molecule has 0 bridgehead atoms. The van der Waals surface area contributed by atoms with E-state index in [4.69, 9.17) is 4.18 Å². The van der Waals surface area contributed by atoms with E-state index in [0.29, 0.717) is 10.9 Å². The summed E-state index contributed by atoms with van der Waals surface area (Å²) in [5.74, 6) is 0. The van der Waals surface area contributed by atoms with E-state index < -0.39 is 15.0 Å². The van der Waals surface area contributed by atoms with E-state index in [-0.39, 0.29) is 17.2 Å². The van der Waals surface area contributed by atoms with Gasteiger partial charge in [-0.2, -0.15) is 8.42 Å². The molecular formula is C19H18N2O5S. The number of hydrogen-bond acceptors (Lipinski definition) is 6. The molecule has 0 N–H and O–H groups in total. The van der Waals surface area contributed by atoms with Crippen molar-refractivity contribution in [1.29, 1.82) is 0 Å². The van der Waals surface area contributed by atoms with Gasteiger partial charge in [0, 0.05) is 42.7 Å². The maximum atomic E-state index is 12.7. The fraction of sp³-hybridized carbons (Fsp3) is 0.158. The number of nitro groups is 1. The highest BCUT2D eigenvalue weighted by Gasteiger charge is 2.20. The first-order valence-electron chi connectivity index (χ1n) is 8.11. The largest absolute Gasteiger partial charge is 0.377 e. The number of nitro benzene ring substituents is 1. The van der Waals surface area contributed by atoms with Crippen molar-refractivity contribution in [1.82, 2.24) is 0 Å². The summed E-state index contributed by atoms with van der Waals surface area (Å²) < 4.78 is 30.7. The smallest absolute Gasteiger partial charge is 0.297 e. The zero-order valence-electron chi connectivity index (χ0n) is 14.8. The van der Waals surface area contributed by atoms with Gasteiger partial charge in [0.1, 0.15) is 4.90 Å². The van der Waals surface area contributed by atoms with E-state index in [1.807, 2.05) is 31.1 Å². The molecule has 7 nitrogen and oxygen atoms in total. The summed E-state index contributed by atoms with van der Waals surface area (Å²) in [5, 5.41) is 12.1. The summed E-state index contributed by atoms with van der Waals surface area (Å²) in [6, 6.07) is 16.1. The maximum Gasteiger partial charge on any atom is 0.297 e. The van der Waals surface area contributed by atoms with Gasteiger partial charge in [0.15, 0.2) is 0 Å². The van der Waals surface area contributed by atoms with Crippen molar-refractivity contribution in [2.75, 3.05) is 19.0 Å². The van der Waals surface area contributed by atoms with E-state index >= 15 is 0 Å². The Morgan fingerprint density at radius 3 is 2.22 bits per heavy atom. The lowest BCUT2D eigenvalue weighted by Crippen LogP contribution is -2.10. The van der Waals surface area contributed by atoms with Crippen LogP contribution in [0.4, 0.5) is 11.4 Å². The average molecular weight is 386 g/mol. The van der Waals surface area contributed by atoms with Crippen LogP contribution in [0.3, 0.4) is 0 Å². The fourth-order valence-corrected chi connectivity index (χ4v) is 3.91. The Morgan fingerprint density at radius 1 is 0.963 bits per heavy atom. The zero-order chi connectivity index (χ0) is 19.6. The third-order valence-corrected chi connectivity index (χ3v) is 5.46. The summed E-state index contributed by atoms with van der Waals surface area (Å²) in [6.07, 6.45) is 0. The van der Waals surface area contributed by atoms with Gasteiger partial charge < -0.3 is 4.90 Å². The molecule has 27 heavy (non-hydrogen) atoms. The van der Waals surface area contributed by atoms with Crippen molar-refractivity contribution in [3.05, 3.63) is 76.3 Å². The molecule has 0 aliphatic carbocycles. The second-order valence-electron chi connectivity index (χ2n) is 6.16. The van der Waals surface area contributed by atoms with E-state index in [1.54, 1.807) is 18.2 Å². The predicted octanol–water partition coefficient (Wildman–Crippen LogP) is 3.72. The highest BCUT2D eigenvalue weighted by molar-refractivity contribution is 7.87. The van der Waals surface area contributed by atoms with E-state index in [1.165, 1.54) is 30.3 Å². The predicted molar refractivity (Wildman–Crippen MR) is 103 cm³/mol. The molecule has 0 amide bonds. The van der Waals surface area contributed by atoms with Crippen molar-refractivity contribution in [2.45, 2.75) is 11.5 Å². The Kier molecular flexibility index (Phi) is 5.11. The molecule has 0 saturated heterocycles. The Hall–Kier alpha value is -2.97. The molecule has 0 spiro atoms. The highest BCUT2D eigenvalue weighted by Crippen LogP contribution is 2.31. The molecule has 3 aromatic rings. The number of benzene rings is 3. The topological polar surface area (TPSA) is 89.8 Å². The molecule has 8 heteroatoms. The third-order valence-electron chi connectivity index (χ3n) is 4.14. The number of anilines is 1. The second-order valence-corrected chi connectivity index (χ2v) is 7.75. The number of rotatable bonds is 6. The SMILES string of the molecule is CN(C)c1cccc2c(S(=O)(=O)OCc3ccc([N+](=O)[O-])cc3)cccc12. The molecule has 3 rings (SSSR count). The first-order valence-corrected chi connectivity index (χ1v) is 9.52. The molecule has 0 fully saturated rings. The van der Waals surface area contributed by atoms with Gasteiger partial charge in [-0.25, -0.2) is 0 Å². The van der Waals surface area contributed by atoms with Gasteiger partial charge in [-0.05, 0) is 29.8 Å². The monoisotopic (exact) mass is 386 g/mol. The Bertz CT molecular complexity index is 1090. The first kappa shape index (κ1) is 18.8. The molecule has 0 unspecified atom stereocenters. The molecule has 0 aliphatic heterocycles. The van der Waals surface area contributed by atoms with Crippen LogP contribution >= 0.6 is 0 Å². The van der Waals surface area contributed by atoms with Gasteiger partial charge in [0.25, 0.3) is 15.8 Å². The Morgan fingerprint density at radius 2 is 1.59 bits per heavy atom. The molecule has 0 atom stereocenters. The van der Waals surface area contributed by atoms with Crippen LogP contribution in [0.15, 0.2) is 65.6 Å². The highest BCUT2D eigenvalue weighted by atomic mass is 32.2. The van der Waals surface area contributed by atoms with Crippen LogP contribution in [0.1, 0.15) is 5.56 Å². The molecule has 0 aromatic heterocycles. The molecular weight excluding hydrogens is 368 g/mol. The minimum atomic E-state index is -4.01. The molecule has 0 heterocycles. The van der Waals surface area contributed by atoms with Crippen LogP contribution in [0, 0.1) is 10.1 Å². The Balaban J connectivity index is 1.91. The van der Waals surface area contributed by atoms with Gasteiger partial charge in [0.2, 0.25) is 0 Å². The number of nitrogens with zero attached hydrogens (tertiary/aromatic N) is 2. The summed E-state index contributed by atoms with van der Waals surface area (Å²) in [5.41, 5.74) is 1.37. The lowest BCUT2D eigenvalue weighted by molar-refractivity contribution is -0.384. The summed E-state index contributed by atoms with van der Waals surface area (Å²) >= 11 is 0. The van der Waals surface area contributed by atoms with Crippen LogP contribution in [0.2, 0.25) is 0 Å². The second kappa shape index (κ2) is 7.34. The number of fused-ring (bicyclic) bond motifs is 1. The number of non-ortho nitro benzene ring substituents is 1. The van der Waals surface area contributed by atoms with Crippen molar-refractivity contribution in [2.24, 2.45) is 0 Å². The van der Waals surface area contributed by atoms with Gasteiger partial charge in [0.05, 0.1) is 11.5 Å². The van der Waals surface area contributed by atoms with Crippen LogP contribution < -0.4 is 4.90 Å². The van der Waals surface area contributed by atoms with Crippen LogP contribution in [0.25, 0.3) is 10.8 Å². The minimum absolute atomic E-state index is 0.0631. The normalized spacial score (nSPS) is 11.5. The van der Waals surface area contributed by atoms with Gasteiger partial charge in [-0.15, -0.1) is 0 Å². The standard InChI is InChI=1S/C19H18N2O5S/c1-20(2)18-7-3-6-17-16(18)5-4-8-19(17)27(24,25)26-13-14-9-11-15(12-10-14)21(22)23/h3-12H,13H2,1-2H3. The van der Waals surface area contributed by atoms with E-state index in [0.717, 1.165) is 11.1 Å². The van der Waals surface area contributed by atoms with Crippen LogP contribution in [0.5, 0.6) is 0 Å². The molecule has 0 aliphatic rings. The molecule has 0 saturated carbocycles. The van der Waals surface area contributed by atoms with Crippen molar-refractivity contribution >= 4 is 32.3 Å². The lowest BCUT2D eigenvalue weighted by atomic mass is 10.1. The molecule has 140 valence electrons. The van der Waals surface area contributed by atoms with E-state index in [9.17, 15) is 18.5 Å². The maximum absolute atomic E-state index is 12.7. The first-order chi connectivity index (χ1) is 12.8. The number of hydrogen-bond donors (Lipinski definition) is 0.